The van der Waals surface area contributed by atoms with Gasteiger partial charge in [0.2, 0.25) is 10.0 Å². The Bertz CT molecular complexity index is 1190. The van der Waals surface area contributed by atoms with E-state index in [0.717, 1.165) is 12.8 Å². The van der Waals surface area contributed by atoms with Crippen molar-refractivity contribution in [1.29, 1.82) is 0 Å². The Morgan fingerprint density at radius 3 is 2.35 bits per heavy atom. The summed E-state index contributed by atoms with van der Waals surface area (Å²) in [5.74, 6) is 0.750. The Kier molecular flexibility index (Phi) is 6.06. The maximum atomic E-state index is 13.0. The zero-order valence-corrected chi connectivity index (χ0v) is 18.1. The fourth-order valence-electron chi connectivity index (χ4n) is 3.56. The fraction of sp³-hybridized carbons (Fsp3) is 0.208. The SMILES string of the molecule is Cc1ccc(C(=O)Nc2ccccc2Oc2ccccc2)cc1S(=O)(=O)N1CCCC1. The van der Waals surface area contributed by atoms with Crippen molar-refractivity contribution in [3.05, 3.63) is 83.9 Å². The van der Waals surface area contributed by atoms with Crippen molar-refractivity contribution in [2.24, 2.45) is 0 Å². The van der Waals surface area contributed by atoms with Crippen molar-refractivity contribution in [3.8, 4) is 11.5 Å². The van der Waals surface area contributed by atoms with E-state index in [1.807, 2.05) is 36.4 Å². The summed E-state index contributed by atoms with van der Waals surface area (Å²) >= 11 is 0. The predicted octanol–water partition coefficient (Wildman–Crippen LogP) is 4.82. The Labute approximate surface area is 182 Å². The molecule has 3 aromatic rings. The molecule has 0 bridgehead atoms. The maximum Gasteiger partial charge on any atom is 0.255 e. The number of carbonyl (C=O) groups is 1. The van der Waals surface area contributed by atoms with E-state index in [4.69, 9.17) is 4.74 Å². The lowest BCUT2D eigenvalue weighted by Crippen LogP contribution is -2.28. The molecule has 1 aliphatic rings. The van der Waals surface area contributed by atoms with Gasteiger partial charge in [-0.2, -0.15) is 4.31 Å². The van der Waals surface area contributed by atoms with Gasteiger partial charge in [0.15, 0.2) is 5.75 Å². The lowest BCUT2D eigenvalue weighted by Gasteiger charge is -2.18. The molecule has 1 saturated heterocycles. The van der Waals surface area contributed by atoms with Crippen LogP contribution < -0.4 is 10.1 Å². The number of benzene rings is 3. The van der Waals surface area contributed by atoms with Gasteiger partial charge in [-0.3, -0.25) is 4.79 Å². The number of ether oxygens (including phenoxy) is 1. The van der Waals surface area contributed by atoms with E-state index in [9.17, 15) is 13.2 Å². The third-order valence-corrected chi connectivity index (χ3v) is 7.28. The molecule has 0 aliphatic carbocycles. The zero-order chi connectivity index (χ0) is 21.8. The molecule has 1 aliphatic heterocycles. The number of anilines is 1. The second-order valence-electron chi connectivity index (χ2n) is 7.46. The summed E-state index contributed by atoms with van der Waals surface area (Å²) in [6, 6.07) is 21.2. The number of hydrogen-bond acceptors (Lipinski definition) is 4. The second kappa shape index (κ2) is 8.91. The number of hydrogen-bond donors (Lipinski definition) is 1. The average Bonchev–Trinajstić information content (AvgIpc) is 3.32. The van der Waals surface area contributed by atoms with Crippen molar-refractivity contribution in [2.45, 2.75) is 24.7 Å². The van der Waals surface area contributed by atoms with Crippen molar-refractivity contribution in [3.63, 3.8) is 0 Å². The minimum absolute atomic E-state index is 0.177. The van der Waals surface area contributed by atoms with Gasteiger partial charge < -0.3 is 10.1 Å². The molecule has 0 aromatic heterocycles. The minimum atomic E-state index is -3.62. The third-order valence-electron chi connectivity index (χ3n) is 5.24. The van der Waals surface area contributed by atoms with Crippen LogP contribution in [0.4, 0.5) is 5.69 Å². The fourth-order valence-corrected chi connectivity index (χ4v) is 5.32. The van der Waals surface area contributed by atoms with Crippen LogP contribution in [0.15, 0.2) is 77.7 Å². The summed E-state index contributed by atoms with van der Waals surface area (Å²) in [6.45, 7) is 2.78. The predicted molar refractivity (Wildman–Crippen MR) is 120 cm³/mol. The number of rotatable bonds is 6. The first-order valence-corrected chi connectivity index (χ1v) is 11.6. The highest BCUT2D eigenvalue weighted by Gasteiger charge is 2.29. The van der Waals surface area contributed by atoms with Crippen LogP contribution in [0.1, 0.15) is 28.8 Å². The summed E-state index contributed by atoms with van der Waals surface area (Å²) in [5, 5.41) is 2.84. The van der Waals surface area contributed by atoms with E-state index in [1.165, 1.54) is 10.4 Å². The highest BCUT2D eigenvalue weighted by Crippen LogP contribution is 2.30. The summed E-state index contributed by atoms with van der Waals surface area (Å²) in [4.78, 5) is 13.1. The van der Waals surface area contributed by atoms with Crippen LogP contribution in [0.25, 0.3) is 0 Å². The van der Waals surface area contributed by atoms with Crippen LogP contribution in [-0.2, 0) is 10.0 Å². The molecule has 1 N–H and O–H groups in total. The molecule has 1 heterocycles. The Morgan fingerprint density at radius 1 is 0.935 bits per heavy atom. The van der Waals surface area contributed by atoms with Crippen molar-refractivity contribution >= 4 is 21.6 Å². The number of carbonyl (C=O) groups excluding carboxylic acids is 1. The normalized spacial score (nSPS) is 14.4. The van der Waals surface area contributed by atoms with Gasteiger partial charge >= 0.3 is 0 Å². The Hall–Kier alpha value is -3.16. The highest BCUT2D eigenvalue weighted by molar-refractivity contribution is 7.89. The molecule has 3 aromatic carbocycles. The lowest BCUT2D eigenvalue weighted by molar-refractivity contribution is 0.102. The highest BCUT2D eigenvalue weighted by atomic mass is 32.2. The number of nitrogens with zero attached hydrogens (tertiary/aromatic N) is 1. The van der Waals surface area contributed by atoms with Crippen LogP contribution in [-0.4, -0.2) is 31.7 Å². The Balaban J connectivity index is 1.59. The molecule has 4 rings (SSSR count). The molecule has 0 atom stereocenters. The second-order valence-corrected chi connectivity index (χ2v) is 9.36. The van der Waals surface area contributed by atoms with E-state index in [0.29, 0.717) is 35.8 Å². The van der Waals surface area contributed by atoms with E-state index in [-0.39, 0.29) is 10.5 Å². The van der Waals surface area contributed by atoms with Gasteiger partial charge in [0.05, 0.1) is 10.6 Å². The van der Waals surface area contributed by atoms with Gasteiger partial charge in [-0.1, -0.05) is 36.4 Å². The van der Waals surface area contributed by atoms with Gasteiger partial charge in [-0.05, 0) is 61.7 Å². The van der Waals surface area contributed by atoms with Crippen molar-refractivity contribution in [1.82, 2.24) is 4.31 Å². The van der Waals surface area contributed by atoms with Crippen molar-refractivity contribution in [2.75, 3.05) is 18.4 Å². The van der Waals surface area contributed by atoms with Crippen LogP contribution in [0.2, 0.25) is 0 Å². The molecule has 31 heavy (non-hydrogen) atoms. The average molecular weight is 437 g/mol. The first-order chi connectivity index (χ1) is 14.9. The van der Waals surface area contributed by atoms with Crippen LogP contribution >= 0.6 is 0 Å². The van der Waals surface area contributed by atoms with E-state index in [1.54, 1.807) is 37.3 Å². The molecule has 0 saturated carbocycles. The standard InChI is InChI=1S/C24H24N2O4S/c1-18-13-14-19(17-23(18)31(28,29)26-15-7-8-16-26)24(27)25-21-11-5-6-12-22(21)30-20-9-3-2-4-10-20/h2-6,9-14,17H,7-8,15-16H2,1H3,(H,25,27). The van der Waals surface area contributed by atoms with Gasteiger partial charge in [0.1, 0.15) is 5.75 Å². The van der Waals surface area contributed by atoms with Gasteiger partial charge in [0.25, 0.3) is 5.91 Å². The van der Waals surface area contributed by atoms with Gasteiger partial charge in [-0.15, -0.1) is 0 Å². The molecule has 7 heteroatoms. The van der Waals surface area contributed by atoms with E-state index in [2.05, 4.69) is 5.32 Å². The van der Waals surface area contributed by atoms with Gasteiger partial charge in [0, 0.05) is 18.7 Å². The quantitative estimate of drug-likeness (QED) is 0.601. The molecule has 0 radical (unpaired) electrons. The van der Waals surface area contributed by atoms with Gasteiger partial charge in [-0.25, -0.2) is 8.42 Å². The number of sulfonamides is 1. The summed E-state index contributed by atoms with van der Waals surface area (Å²) in [7, 11) is -3.62. The summed E-state index contributed by atoms with van der Waals surface area (Å²) < 4.78 is 33.4. The molecular formula is C24H24N2O4S. The summed E-state index contributed by atoms with van der Waals surface area (Å²) in [5.41, 5.74) is 1.40. The number of aryl methyl sites for hydroxylation is 1. The topological polar surface area (TPSA) is 75.7 Å². The lowest BCUT2D eigenvalue weighted by atomic mass is 10.1. The Morgan fingerprint density at radius 2 is 1.61 bits per heavy atom. The first kappa shape index (κ1) is 21.1. The summed E-state index contributed by atoms with van der Waals surface area (Å²) in [6.07, 6.45) is 1.72. The molecule has 160 valence electrons. The molecule has 6 nitrogen and oxygen atoms in total. The molecule has 0 unspecified atom stereocenters. The number of nitrogens with one attached hydrogen (secondary N) is 1. The largest absolute Gasteiger partial charge is 0.455 e. The van der Waals surface area contributed by atoms with Crippen LogP contribution in [0.3, 0.4) is 0 Å². The smallest absolute Gasteiger partial charge is 0.255 e. The third kappa shape index (κ3) is 4.62. The zero-order valence-electron chi connectivity index (χ0n) is 17.2. The number of amides is 1. The van der Waals surface area contributed by atoms with Crippen molar-refractivity contribution < 1.29 is 17.9 Å². The molecule has 1 fully saturated rings. The monoisotopic (exact) mass is 436 g/mol. The maximum absolute atomic E-state index is 13.0. The molecule has 0 spiro atoms. The molecular weight excluding hydrogens is 412 g/mol. The van der Waals surface area contributed by atoms with E-state index >= 15 is 0 Å². The van der Waals surface area contributed by atoms with E-state index < -0.39 is 15.9 Å². The minimum Gasteiger partial charge on any atom is -0.455 e. The number of para-hydroxylation sites is 3. The van der Waals surface area contributed by atoms with Crippen LogP contribution in [0, 0.1) is 6.92 Å². The van der Waals surface area contributed by atoms with Crippen LogP contribution in [0.5, 0.6) is 11.5 Å². The first-order valence-electron chi connectivity index (χ1n) is 10.2. The molecule has 1 amide bonds.